The van der Waals surface area contributed by atoms with Crippen LogP contribution in [-0.2, 0) is 4.74 Å². The Labute approximate surface area is 134 Å². The van der Waals surface area contributed by atoms with Crippen molar-refractivity contribution in [1.82, 2.24) is 9.55 Å². The predicted molar refractivity (Wildman–Crippen MR) is 80.5 cm³/mol. The van der Waals surface area contributed by atoms with Gasteiger partial charge in [-0.05, 0) is 23.7 Å². The third-order valence-corrected chi connectivity index (χ3v) is 3.47. The van der Waals surface area contributed by atoms with E-state index in [4.69, 9.17) is 10.3 Å². The number of aromatic nitrogens is 2. The van der Waals surface area contributed by atoms with Crippen LogP contribution >= 0.6 is 0 Å². The van der Waals surface area contributed by atoms with E-state index in [2.05, 4.69) is 15.0 Å². The summed E-state index contributed by atoms with van der Waals surface area (Å²) < 4.78 is 20.8. The van der Waals surface area contributed by atoms with Gasteiger partial charge >= 0.3 is 6.09 Å². The minimum atomic E-state index is -0.633. The zero-order valence-electron chi connectivity index (χ0n) is 12.2. The summed E-state index contributed by atoms with van der Waals surface area (Å²) in [4.78, 5) is 30.2. The number of carbonyl (C=O) groups excluding carboxylic acids is 2. The minimum Gasteiger partial charge on any atom is -0.444 e. The number of imidazole rings is 1. The van der Waals surface area contributed by atoms with Crippen LogP contribution in [0.1, 0.15) is 10.5 Å². The molecule has 0 spiro atoms. The van der Waals surface area contributed by atoms with Crippen molar-refractivity contribution < 1.29 is 18.7 Å². The van der Waals surface area contributed by atoms with Crippen LogP contribution in [0.15, 0.2) is 35.8 Å². The van der Waals surface area contributed by atoms with E-state index in [0.29, 0.717) is 12.0 Å². The van der Waals surface area contributed by atoms with Crippen LogP contribution in [0, 0.1) is 5.82 Å². The van der Waals surface area contributed by atoms with Gasteiger partial charge in [-0.1, -0.05) is 5.11 Å². The molecule has 9 nitrogen and oxygen atoms in total. The highest BCUT2D eigenvalue weighted by molar-refractivity contribution is 5.89. The van der Waals surface area contributed by atoms with Gasteiger partial charge in [0.2, 0.25) is 0 Å². The molecule has 1 aromatic carbocycles. The molecule has 24 heavy (non-hydrogen) atoms. The van der Waals surface area contributed by atoms with Gasteiger partial charge in [0.05, 0.1) is 24.5 Å². The highest BCUT2D eigenvalue weighted by Gasteiger charge is 2.32. The lowest BCUT2D eigenvalue weighted by atomic mass is 10.2. The topological polar surface area (TPSA) is 113 Å². The zero-order chi connectivity index (χ0) is 17.1. The number of aldehydes is 1. The molecule has 2 heterocycles. The molecule has 122 valence electrons. The van der Waals surface area contributed by atoms with Crippen molar-refractivity contribution in [3.05, 3.63) is 52.7 Å². The first-order chi connectivity index (χ1) is 11.6. The Hall–Kier alpha value is -3.39. The molecule has 1 amide bonds. The number of benzene rings is 1. The number of azide groups is 1. The van der Waals surface area contributed by atoms with Gasteiger partial charge in [0.15, 0.2) is 6.29 Å². The van der Waals surface area contributed by atoms with Crippen molar-refractivity contribution in [1.29, 1.82) is 0 Å². The molecule has 0 radical (unpaired) electrons. The zero-order valence-corrected chi connectivity index (χ0v) is 12.2. The number of nitrogens with zero attached hydrogens (tertiary/aromatic N) is 6. The van der Waals surface area contributed by atoms with Gasteiger partial charge in [-0.25, -0.2) is 14.2 Å². The van der Waals surface area contributed by atoms with Crippen molar-refractivity contribution in [3.63, 3.8) is 0 Å². The van der Waals surface area contributed by atoms with Crippen molar-refractivity contribution in [2.75, 3.05) is 18.0 Å². The van der Waals surface area contributed by atoms with E-state index in [1.54, 1.807) is 6.07 Å². The molecule has 0 N–H and O–H groups in total. The van der Waals surface area contributed by atoms with Gasteiger partial charge in [-0.2, -0.15) is 0 Å². The first-order valence-corrected chi connectivity index (χ1v) is 6.90. The summed E-state index contributed by atoms with van der Waals surface area (Å²) in [6.45, 7) is 0.180. The summed E-state index contributed by atoms with van der Waals surface area (Å²) in [7, 11) is 0. The number of rotatable bonds is 5. The maximum absolute atomic E-state index is 14.3. The Morgan fingerprint density at radius 1 is 1.54 bits per heavy atom. The Bertz CT molecular complexity index is 845. The Morgan fingerprint density at radius 3 is 3.04 bits per heavy atom. The first kappa shape index (κ1) is 15.5. The third-order valence-electron chi connectivity index (χ3n) is 3.47. The lowest BCUT2D eigenvalue weighted by molar-refractivity contribution is 0.111. The SMILES string of the molecule is [N-]=[N+]=NC[C@H]1CN(c2ccc(-n3cnc(C=O)c3)c(F)c2)C(=O)O1. The summed E-state index contributed by atoms with van der Waals surface area (Å²) in [5.41, 5.74) is 8.99. The van der Waals surface area contributed by atoms with E-state index >= 15 is 0 Å². The molecule has 1 aliphatic heterocycles. The quantitative estimate of drug-likeness (QED) is 0.362. The van der Waals surface area contributed by atoms with Gasteiger partial charge < -0.3 is 9.30 Å². The fourth-order valence-corrected chi connectivity index (χ4v) is 2.36. The largest absolute Gasteiger partial charge is 0.444 e. The van der Waals surface area contributed by atoms with E-state index in [-0.39, 0.29) is 24.5 Å². The molecule has 1 aliphatic rings. The summed E-state index contributed by atoms with van der Waals surface area (Å²) in [6.07, 6.45) is 2.07. The minimum absolute atomic E-state index is 0.0167. The normalized spacial score (nSPS) is 16.6. The second kappa shape index (κ2) is 6.39. The molecule has 0 aliphatic carbocycles. The lowest BCUT2D eigenvalue weighted by Crippen LogP contribution is -2.25. The predicted octanol–water partition coefficient (Wildman–Crippen LogP) is 2.46. The van der Waals surface area contributed by atoms with Crippen LogP contribution in [0.4, 0.5) is 14.9 Å². The van der Waals surface area contributed by atoms with Crippen molar-refractivity contribution in [2.45, 2.75) is 6.10 Å². The molecule has 0 bridgehead atoms. The van der Waals surface area contributed by atoms with Gasteiger partial charge in [0.1, 0.15) is 23.9 Å². The maximum atomic E-state index is 14.3. The molecule has 1 aromatic heterocycles. The van der Waals surface area contributed by atoms with Crippen LogP contribution in [0.2, 0.25) is 0 Å². The van der Waals surface area contributed by atoms with E-state index in [0.717, 1.165) is 0 Å². The fourth-order valence-electron chi connectivity index (χ4n) is 2.36. The van der Waals surface area contributed by atoms with E-state index in [9.17, 15) is 14.0 Å². The smallest absolute Gasteiger partial charge is 0.414 e. The van der Waals surface area contributed by atoms with Crippen LogP contribution in [-0.4, -0.2) is 41.1 Å². The van der Waals surface area contributed by atoms with Gasteiger partial charge in [0, 0.05) is 11.1 Å². The second-order valence-electron chi connectivity index (χ2n) is 4.99. The summed E-state index contributed by atoms with van der Waals surface area (Å²) in [6, 6.07) is 4.21. The Kier molecular flexibility index (Phi) is 4.13. The molecule has 0 unspecified atom stereocenters. The van der Waals surface area contributed by atoms with Crippen molar-refractivity contribution in [2.24, 2.45) is 5.11 Å². The molecule has 1 saturated heterocycles. The molecule has 2 aromatic rings. The molecule has 0 saturated carbocycles. The molecule has 3 rings (SSSR count). The molecular weight excluding hydrogens is 319 g/mol. The standard InChI is InChI=1S/C14H11FN6O3/c15-12-3-10(21-6-11(4-18-19-16)24-14(21)23)1-2-13(12)20-5-9(7-22)17-8-20/h1-3,5,7-8,11H,4,6H2/t11-/m0/s1. The summed E-state index contributed by atoms with van der Waals surface area (Å²) in [5.74, 6) is -0.589. The average Bonchev–Trinajstić information content (AvgIpc) is 3.19. The number of hydrogen-bond acceptors (Lipinski definition) is 5. The number of amides is 1. The Morgan fingerprint density at radius 2 is 2.38 bits per heavy atom. The second-order valence-corrected chi connectivity index (χ2v) is 4.99. The van der Waals surface area contributed by atoms with Gasteiger partial charge in [-0.3, -0.25) is 9.69 Å². The summed E-state index contributed by atoms with van der Waals surface area (Å²) >= 11 is 0. The van der Waals surface area contributed by atoms with E-state index in [1.807, 2.05) is 0 Å². The number of ether oxygens (including phenoxy) is 1. The molecule has 10 heteroatoms. The van der Waals surface area contributed by atoms with Crippen LogP contribution in [0.25, 0.3) is 16.1 Å². The number of hydrogen-bond donors (Lipinski definition) is 0. The van der Waals surface area contributed by atoms with Gasteiger partial charge in [0.25, 0.3) is 0 Å². The van der Waals surface area contributed by atoms with Gasteiger partial charge in [-0.15, -0.1) is 0 Å². The van der Waals surface area contributed by atoms with Crippen LogP contribution < -0.4 is 4.90 Å². The monoisotopic (exact) mass is 330 g/mol. The Balaban J connectivity index is 1.83. The maximum Gasteiger partial charge on any atom is 0.414 e. The van der Waals surface area contributed by atoms with Crippen molar-refractivity contribution >= 4 is 18.1 Å². The average molecular weight is 330 g/mol. The van der Waals surface area contributed by atoms with Crippen LogP contribution in [0.3, 0.4) is 0 Å². The molecule has 1 atom stereocenters. The highest BCUT2D eigenvalue weighted by atomic mass is 19.1. The number of halogens is 1. The number of cyclic esters (lactones) is 1. The number of carbonyl (C=O) groups is 2. The van der Waals surface area contributed by atoms with E-state index in [1.165, 1.54) is 34.1 Å². The summed E-state index contributed by atoms with van der Waals surface area (Å²) in [5, 5.41) is 3.36. The highest BCUT2D eigenvalue weighted by Crippen LogP contribution is 2.25. The third kappa shape index (κ3) is 2.90. The number of anilines is 1. The van der Waals surface area contributed by atoms with Crippen molar-refractivity contribution in [3.8, 4) is 5.69 Å². The first-order valence-electron chi connectivity index (χ1n) is 6.90. The lowest BCUT2D eigenvalue weighted by Gasteiger charge is -2.14. The van der Waals surface area contributed by atoms with Crippen LogP contribution in [0.5, 0.6) is 0 Å². The molecule has 1 fully saturated rings. The van der Waals surface area contributed by atoms with E-state index < -0.39 is 18.0 Å². The fraction of sp³-hybridized carbons (Fsp3) is 0.214. The molecular formula is C14H11FN6O3.